The van der Waals surface area contributed by atoms with E-state index < -0.39 is 0 Å². The van der Waals surface area contributed by atoms with Gasteiger partial charge in [0.25, 0.3) is 0 Å². The van der Waals surface area contributed by atoms with Gasteiger partial charge >= 0.3 is 5.97 Å². The Bertz CT molecular complexity index is 389. The van der Waals surface area contributed by atoms with Crippen LogP contribution in [0.4, 0.5) is 0 Å². The molecule has 1 fully saturated rings. The second kappa shape index (κ2) is 5.76. The largest absolute Gasteiger partial charge is 0.469 e. The first-order valence-electron chi connectivity index (χ1n) is 7.08. The van der Waals surface area contributed by atoms with Crippen LogP contribution in [0.25, 0.3) is 0 Å². The molecule has 0 aromatic carbocycles. The molecular formula is C15H23NO3. The molecule has 0 unspecified atom stereocenters. The van der Waals surface area contributed by atoms with Crippen LogP contribution in [0.5, 0.6) is 0 Å². The summed E-state index contributed by atoms with van der Waals surface area (Å²) in [5.74, 6) is 1.07. The Labute approximate surface area is 114 Å². The summed E-state index contributed by atoms with van der Waals surface area (Å²) in [6.45, 7) is 4.46. The van der Waals surface area contributed by atoms with Crippen LogP contribution in [-0.4, -0.2) is 36.5 Å². The molecular weight excluding hydrogens is 242 g/mol. The molecule has 2 rings (SSSR count). The lowest BCUT2D eigenvalue weighted by atomic mass is 9.91. The zero-order valence-electron chi connectivity index (χ0n) is 12.0. The minimum absolute atomic E-state index is 0.120. The molecule has 2 bridgehead atoms. The summed E-state index contributed by atoms with van der Waals surface area (Å²) in [5.41, 5.74) is 0. The predicted molar refractivity (Wildman–Crippen MR) is 72.3 cm³/mol. The van der Waals surface area contributed by atoms with Gasteiger partial charge in [-0.25, -0.2) is 0 Å². The van der Waals surface area contributed by atoms with Gasteiger partial charge in [-0.1, -0.05) is 12.2 Å². The van der Waals surface area contributed by atoms with Gasteiger partial charge in [0.2, 0.25) is 5.91 Å². The fourth-order valence-corrected chi connectivity index (χ4v) is 3.21. The Hall–Kier alpha value is -1.32. The van der Waals surface area contributed by atoms with Crippen molar-refractivity contribution in [3.05, 3.63) is 12.2 Å². The van der Waals surface area contributed by atoms with E-state index in [9.17, 15) is 9.59 Å². The molecule has 0 aromatic rings. The average Bonchev–Trinajstić information content (AvgIpc) is 3.00. The molecule has 0 heterocycles. The number of methoxy groups -OCH3 is 1. The van der Waals surface area contributed by atoms with Crippen LogP contribution in [0.2, 0.25) is 0 Å². The monoisotopic (exact) mass is 265 g/mol. The van der Waals surface area contributed by atoms with Gasteiger partial charge in [0.1, 0.15) is 0 Å². The highest BCUT2D eigenvalue weighted by Crippen LogP contribution is 2.44. The van der Waals surface area contributed by atoms with Crippen LogP contribution in [-0.2, 0) is 14.3 Å². The van der Waals surface area contributed by atoms with Crippen molar-refractivity contribution in [2.45, 2.75) is 39.2 Å². The van der Waals surface area contributed by atoms with E-state index in [0.29, 0.717) is 18.4 Å². The van der Waals surface area contributed by atoms with Crippen LogP contribution in [0, 0.1) is 17.8 Å². The number of hydrogen-bond acceptors (Lipinski definition) is 3. The third kappa shape index (κ3) is 2.99. The zero-order valence-corrected chi connectivity index (χ0v) is 12.0. The van der Waals surface area contributed by atoms with Crippen LogP contribution >= 0.6 is 0 Å². The summed E-state index contributed by atoms with van der Waals surface area (Å²) in [6.07, 6.45) is 6.80. The van der Waals surface area contributed by atoms with Crippen LogP contribution < -0.4 is 0 Å². The van der Waals surface area contributed by atoms with Crippen LogP contribution in [0.15, 0.2) is 12.2 Å². The maximum absolute atomic E-state index is 12.6. The maximum atomic E-state index is 12.6. The molecule has 3 atom stereocenters. The molecule has 1 saturated carbocycles. The highest BCUT2D eigenvalue weighted by molar-refractivity contribution is 5.81. The first-order valence-corrected chi connectivity index (χ1v) is 7.08. The molecule has 0 spiro atoms. The molecule has 0 N–H and O–H groups in total. The van der Waals surface area contributed by atoms with Crippen molar-refractivity contribution in [1.82, 2.24) is 4.90 Å². The smallest absolute Gasteiger partial charge is 0.307 e. The normalized spacial score (nSPS) is 27.9. The Kier molecular flexibility index (Phi) is 4.27. The number of ether oxygens (including phenoxy) is 1. The van der Waals surface area contributed by atoms with Crippen molar-refractivity contribution < 1.29 is 14.3 Å². The van der Waals surface area contributed by atoms with Crippen molar-refractivity contribution in [3.8, 4) is 0 Å². The Balaban J connectivity index is 1.97. The lowest BCUT2D eigenvalue weighted by Gasteiger charge is -2.31. The van der Waals surface area contributed by atoms with E-state index in [4.69, 9.17) is 0 Å². The number of fused-ring (bicyclic) bond motifs is 2. The number of allylic oxidation sites excluding steroid dienone is 2. The van der Waals surface area contributed by atoms with Crippen molar-refractivity contribution in [2.24, 2.45) is 17.8 Å². The number of rotatable bonds is 5. The molecule has 0 saturated heterocycles. The number of carbonyl (C=O) groups is 2. The Morgan fingerprint density at radius 2 is 2.05 bits per heavy atom. The number of esters is 1. The molecule has 0 aromatic heterocycles. The standard InChI is InChI=1S/C15H23NO3/c1-10(2)16(7-6-14(17)19-3)15(18)13-9-11-4-5-12(13)8-11/h4-5,10-13H,6-9H2,1-3H3/t11-,12+,13-/m1/s1. The molecule has 1 amide bonds. The lowest BCUT2D eigenvalue weighted by molar-refractivity contribution is -0.143. The van der Waals surface area contributed by atoms with Gasteiger partial charge < -0.3 is 9.64 Å². The van der Waals surface area contributed by atoms with Crippen LogP contribution in [0.3, 0.4) is 0 Å². The summed E-state index contributed by atoms with van der Waals surface area (Å²) < 4.78 is 4.65. The number of hydrogen-bond donors (Lipinski definition) is 0. The molecule has 2 aliphatic carbocycles. The van der Waals surface area contributed by atoms with Gasteiger partial charge in [-0.15, -0.1) is 0 Å². The van der Waals surface area contributed by atoms with E-state index in [1.54, 1.807) is 0 Å². The minimum Gasteiger partial charge on any atom is -0.469 e. The fourth-order valence-electron chi connectivity index (χ4n) is 3.21. The molecule has 0 aliphatic heterocycles. The Morgan fingerprint density at radius 1 is 1.32 bits per heavy atom. The van der Waals surface area contributed by atoms with Crippen molar-refractivity contribution >= 4 is 11.9 Å². The zero-order chi connectivity index (χ0) is 14.0. The highest BCUT2D eigenvalue weighted by Gasteiger charge is 2.41. The molecule has 0 radical (unpaired) electrons. The number of nitrogens with zero attached hydrogens (tertiary/aromatic N) is 1. The highest BCUT2D eigenvalue weighted by atomic mass is 16.5. The van der Waals surface area contributed by atoms with E-state index in [0.717, 1.165) is 12.8 Å². The van der Waals surface area contributed by atoms with E-state index in [-0.39, 0.29) is 30.3 Å². The first-order chi connectivity index (χ1) is 9.02. The van der Waals surface area contributed by atoms with Crippen molar-refractivity contribution in [3.63, 3.8) is 0 Å². The first kappa shape index (κ1) is 14.1. The second-order valence-corrected chi connectivity index (χ2v) is 5.84. The van der Waals surface area contributed by atoms with E-state index in [1.807, 2.05) is 18.7 Å². The van der Waals surface area contributed by atoms with Gasteiger partial charge in [0.05, 0.1) is 13.5 Å². The lowest BCUT2D eigenvalue weighted by Crippen LogP contribution is -2.43. The minimum atomic E-state index is -0.258. The van der Waals surface area contributed by atoms with Crippen molar-refractivity contribution in [2.75, 3.05) is 13.7 Å². The van der Waals surface area contributed by atoms with Gasteiger partial charge in [0.15, 0.2) is 0 Å². The van der Waals surface area contributed by atoms with Crippen molar-refractivity contribution in [1.29, 1.82) is 0 Å². The topological polar surface area (TPSA) is 46.6 Å². The summed E-state index contributed by atoms with van der Waals surface area (Å²) in [4.78, 5) is 25.7. The molecule has 106 valence electrons. The summed E-state index contributed by atoms with van der Waals surface area (Å²) in [6, 6.07) is 0.125. The molecule has 2 aliphatic rings. The third-order valence-corrected chi connectivity index (χ3v) is 4.29. The summed E-state index contributed by atoms with van der Waals surface area (Å²) in [7, 11) is 1.38. The van der Waals surface area contributed by atoms with Gasteiger partial charge in [-0.2, -0.15) is 0 Å². The molecule has 19 heavy (non-hydrogen) atoms. The number of amides is 1. The quantitative estimate of drug-likeness (QED) is 0.564. The van der Waals surface area contributed by atoms with E-state index in [2.05, 4.69) is 16.9 Å². The molecule has 4 heteroatoms. The van der Waals surface area contributed by atoms with E-state index >= 15 is 0 Å². The SMILES string of the molecule is COC(=O)CCN(C(=O)[C@@H]1C[C@@H]2C=C[C@H]1C2)C(C)C. The Morgan fingerprint density at radius 3 is 2.53 bits per heavy atom. The van der Waals surface area contributed by atoms with Gasteiger partial charge in [-0.3, -0.25) is 9.59 Å². The average molecular weight is 265 g/mol. The second-order valence-electron chi connectivity index (χ2n) is 5.84. The molecule has 4 nitrogen and oxygen atoms in total. The summed E-state index contributed by atoms with van der Waals surface area (Å²) in [5, 5.41) is 0. The van der Waals surface area contributed by atoms with Crippen LogP contribution in [0.1, 0.15) is 33.1 Å². The van der Waals surface area contributed by atoms with Gasteiger partial charge in [0, 0.05) is 18.5 Å². The third-order valence-electron chi connectivity index (χ3n) is 4.29. The fraction of sp³-hybridized carbons (Fsp3) is 0.733. The van der Waals surface area contributed by atoms with E-state index in [1.165, 1.54) is 7.11 Å². The maximum Gasteiger partial charge on any atom is 0.307 e. The number of carbonyl (C=O) groups excluding carboxylic acids is 2. The van der Waals surface area contributed by atoms with Gasteiger partial charge in [-0.05, 0) is 38.5 Å². The predicted octanol–water partition coefficient (Wildman–Crippen LogP) is 2.00. The summed E-state index contributed by atoms with van der Waals surface area (Å²) >= 11 is 0.